The standard InChI is InChI=1S/C8H4ClF2N3O/c9-6(15)5-3(1-12)4(7(10)11)2-14-8(5)13/h2,7H,(H2,13,14). The Labute approximate surface area is 88.3 Å². The minimum atomic E-state index is -2.91. The molecule has 0 aliphatic heterocycles. The molecule has 7 heteroatoms. The molecule has 0 spiro atoms. The van der Waals surface area contributed by atoms with Gasteiger partial charge in [0.2, 0.25) is 0 Å². The first-order valence-electron chi connectivity index (χ1n) is 3.65. The predicted molar refractivity (Wildman–Crippen MR) is 48.5 cm³/mol. The lowest BCUT2D eigenvalue weighted by atomic mass is 10.1. The van der Waals surface area contributed by atoms with E-state index in [2.05, 4.69) is 4.98 Å². The summed E-state index contributed by atoms with van der Waals surface area (Å²) >= 11 is 5.11. The number of hydrogen-bond donors (Lipinski definition) is 1. The van der Waals surface area contributed by atoms with Crippen LogP contribution in [-0.2, 0) is 0 Å². The van der Waals surface area contributed by atoms with Gasteiger partial charge < -0.3 is 5.73 Å². The molecule has 0 saturated carbocycles. The van der Waals surface area contributed by atoms with Crippen molar-refractivity contribution in [3.8, 4) is 6.07 Å². The molecule has 0 bridgehead atoms. The van der Waals surface area contributed by atoms with Crippen molar-refractivity contribution in [3.63, 3.8) is 0 Å². The van der Waals surface area contributed by atoms with Crippen molar-refractivity contribution in [1.29, 1.82) is 5.26 Å². The highest BCUT2D eigenvalue weighted by atomic mass is 35.5. The molecule has 2 N–H and O–H groups in total. The largest absolute Gasteiger partial charge is 0.383 e. The Morgan fingerprint density at radius 1 is 1.67 bits per heavy atom. The van der Waals surface area contributed by atoms with E-state index in [1.807, 2.05) is 0 Å². The molecular formula is C8H4ClF2N3O. The Balaban J connectivity index is 3.56. The number of alkyl halides is 2. The first-order valence-corrected chi connectivity index (χ1v) is 4.03. The summed E-state index contributed by atoms with van der Waals surface area (Å²) < 4.78 is 24.8. The number of pyridine rings is 1. The number of aromatic nitrogens is 1. The maximum atomic E-state index is 12.4. The van der Waals surface area contributed by atoms with Gasteiger partial charge in [-0.3, -0.25) is 4.79 Å². The molecule has 0 fully saturated rings. The molecule has 1 aromatic heterocycles. The highest BCUT2D eigenvalue weighted by molar-refractivity contribution is 6.68. The lowest BCUT2D eigenvalue weighted by Gasteiger charge is -2.06. The molecule has 78 valence electrons. The Bertz CT molecular complexity index is 456. The predicted octanol–water partition coefficient (Wildman–Crippen LogP) is 1.85. The second kappa shape index (κ2) is 4.19. The van der Waals surface area contributed by atoms with Crippen LogP contribution in [0.15, 0.2) is 6.20 Å². The average Bonchev–Trinajstić information content (AvgIpc) is 2.15. The van der Waals surface area contributed by atoms with Crippen LogP contribution in [0.1, 0.15) is 27.9 Å². The van der Waals surface area contributed by atoms with E-state index in [-0.39, 0.29) is 5.82 Å². The molecule has 0 radical (unpaired) electrons. The molecule has 1 rings (SSSR count). The molecule has 1 aromatic rings. The van der Waals surface area contributed by atoms with Crippen molar-refractivity contribution >= 4 is 22.7 Å². The summed E-state index contributed by atoms with van der Waals surface area (Å²) in [5.41, 5.74) is 3.59. The van der Waals surface area contributed by atoms with Crippen molar-refractivity contribution in [2.75, 3.05) is 5.73 Å². The lowest BCUT2D eigenvalue weighted by Crippen LogP contribution is -2.07. The minimum absolute atomic E-state index is 0.337. The SMILES string of the molecule is N#Cc1c(C(F)F)cnc(N)c1C(=O)Cl. The monoisotopic (exact) mass is 231 g/mol. The fourth-order valence-corrected chi connectivity index (χ4v) is 1.22. The summed E-state index contributed by atoms with van der Waals surface area (Å²) in [4.78, 5) is 14.2. The van der Waals surface area contributed by atoms with Crippen LogP contribution in [0.5, 0.6) is 0 Å². The van der Waals surface area contributed by atoms with Gasteiger partial charge in [-0.15, -0.1) is 0 Å². The fraction of sp³-hybridized carbons (Fsp3) is 0.125. The molecule has 0 amide bonds. The Morgan fingerprint density at radius 3 is 2.67 bits per heavy atom. The van der Waals surface area contributed by atoms with Gasteiger partial charge in [-0.25, -0.2) is 13.8 Å². The maximum Gasteiger partial charge on any atom is 0.266 e. The van der Waals surface area contributed by atoms with Gasteiger partial charge in [0.05, 0.1) is 16.7 Å². The maximum absolute atomic E-state index is 12.4. The number of nitrogens with two attached hydrogens (primary N) is 1. The Morgan fingerprint density at radius 2 is 2.27 bits per heavy atom. The zero-order chi connectivity index (χ0) is 11.6. The fourth-order valence-electron chi connectivity index (χ4n) is 1.03. The highest BCUT2D eigenvalue weighted by Gasteiger charge is 2.22. The zero-order valence-corrected chi connectivity index (χ0v) is 7.92. The molecule has 0 aliphatic carbocycles. The number of nitriles is 1. The van der Waals surface area contributed by atoms with Gasteiger partial charge in [0.15, 0.2) is 0 Å². The van der Waals surface area contributed by atoms with E-state index in [0.717, 1.165) is 6.20 Å². The smallest absolute Gasteiger partial charge is 0.266 e. The number of anilines is 1. The summed E-state index contributed by atoms with van der Waals surface area (Å²) in [6, 6.07) is 1.46. The van der Waals surface area contributed by atoms with Crippen molar-refractivity contribution in [2.24, 2.45) is 0 Å². The van der Waals surface area contributed by atoms with Crippen LogP contribution in [0.2, 0.25) is 0 Å². The third kappa shape index (κ3) is 2.02. The molecule has 4 nitrogen and oxygen atoms in total. The molecule has 0 atom stereocenters. The molecule has 0 aliphatic rings. The Kier molecular flexibility index (Phi) is 3.17. The number of halogens is 3. The van der Waals surface area contributed by atoms with Crippen LogP contribution in [-0.4, -0.2) is 10.2 Å². The second-order valence-electron chi connectivity index (χ2n) is 2.53. The van der Waals surface area contributed by atoms with Crippen molar-refractivity contribution in [1.82, 2.24) is 4.98 Å². The van der Waals surface area contributed by atoms with E-state index in [4.69, 9.17) is 22.6 Å². The third-order valence-electron chi connectivity index (χ3n) is 1.68. The summed E-state index contributed by atoms with van der Waals surface area (Å²) in [5.74, 6) is -0.337. The van der Waals surface area contributed by atoms with Crippen LogP contribution in [0, 0.1) is 11.3 Å². The van der Waals surface area contributed by atoms with Crippen LogP contribution in [0.4, 0.5) is 14.6 Å². The number of hydrogen-bond acceptors (Lipinski definition) is 4. The van der Waals surface area contributed by atoms with E-state index < -0.39 is 28.4 Å². The number of rotatable bonds is 2. The molecule has 0 aromatic carbocycles. The van der Waals surface area contributed by atoms with Gasteiger partial charge in [-0.2, -0.15) is 5.26 Å². The number of carbonyl (C=O) groups excluding carboxylic acids is 1. The average molecular weight is 232 g/mol. The minimum Gasteiger partial charge on any atom is -0.383 e. The van der Waals surface area contributed by atoms with E-state index in [1.165, 1.54) is 6.07 Å². The van der Waals surface area contributed by atoms with Crippen LogP contribution < -0.4 is 5.73 Å². The van der Waals surface area contributed by atoms with Crippen LogP contribution in [0.25, 0.3) is 0 Å². The van der Waals surface area contributed by atoms with Gasteiger partial charge in [-0.05, 0) is 11.6 Å². The number of carbonyl (C=O) groups is 1. The van der Waals surface area contributed by atoms with Crippen LogP contribution in [0.3, 0.4) is 0 Å². The normalized spacial score (nSPS) is 10.1. The summed E-state index contributed by atoms with van der Waals surface area (Å²) in [6.45, 7) is 0. The summed E-state index contributed by atoms with van der Waals surface area (Å²) in [5, 5.41) is 7.56. The van der Waals surface area contributed by atoms with Crippen molar-refractivity contribution in [3.05, 3.63) is 22.9 Å². The Hall–Kier alpha value is -1.74. The summed E-state index contributed by atoms with van der Waals surface area (Å²) in [7, 11) is 0. The lowest BCUT2D eigenvalue weighted by molar-refractivity contribution is 0.108. The van der Waals surface area contributed by atoms with Gasteiger partial charge in [-0.1, -0.05) is 0 Å². The highest BCUT2D eigenvalue weighted by Crippen LogP contribution is 2.27. The van der Waals surface area contributed by atoms with Gasteiger partial charge >= 0.3 is 0 Å². The van der Waals surface area contributed by atoms with E-state index >= 15 is 0 Å². The first kappa shape index (κ1) is 11.3. The van der Waals surface area contributed by atoms with E-state index in [1.54, 1.807) is 0 Å². The quantitative estimate of drug-likeness (QED) is 0.788. The number of nitrogen functional groups attached to an aromatic ring is 1. The topological polar surface area (TPSA) is 79.8 Å². The third-order valence-corrected chi connectivity index (χ3v) is 1.87. The number of nitrogens with zero attached hydrogens (tertiary/aromatic N) is 2. The molecule has 0 saturated heterocycles. The van der Waals surface area contributed by atoms with E-state index in [9.17, 15) is 13.6 Å². The summed E-state index contributed by atoms with van der Waals surface area (Å²) in [6.07, 6.45) is -2.16. The van der Waals surface area contributed by atoms with Crippen molar-refractivity contribution < 1.29 is 13.6 Å². The first-order chi connectivity index (χ1) is 6.99. The van der Waals surface area contributed by atoms with Crippen molar-refractivity contribution in [2.45, 2.75) is 6.43 Å². The van der Waals surface area contributed by atoms with E-state index in [0.29, 0.717) is 0 Å². The van der Waals surface area contributed by atoms with Gasteiger partial charge in [0.25, 0.3) is 11.7 Å². The zero-order valence-electron chi connectivity index (χ0n) is 7.17. The molecular weight excluding hydrogens is 228 g/mol. The second-order valence-corrected chi connectivity index (χ2v) is 2.88. The van der Waals surface area contributed by atoms with Crippen LogP contribution >= 0.6 is 11.6 Å². The molecule has 0 unspecified atom stereocenters. The molecule has 1 heterocycles. The molecule has 15 heavy (non-hydrogen) atoms. The van der Waals surface area contributed by atoms with Gasteiger partial charge in [0.1, 0.15) is 11.9 Å². The van der Waals surface area contributed by atoms with Gasteiger partial charge in [0, 0.05) is 6.20 Å².